The van der Waals surface area contributed by atoms with Crippen molar-refractivity contribution in [3.05, 3.63) is 29.8 Å². The Balaban J connectivity index is 2.81. The summed E-state index contributed by atoms with van der Waals surface area (Å²) in [5.41, 5.74) is 6.01. The topological polar surface area (TPSA) is 75.3 Å². The van der Waals surface area contributed by atoms with Crippen molar-refractivity contribution in [2.24, 2.45) is 11.7 Å². The number of rotatable bonds is 5. The van der Waals surface area contributed by atoms with Gasteiger partial charge in [-0.1, -0.05) is 26.0 Å². The van der Waals surface area contributed by atoms with Crippen molar-refractivity contribution in [1.82, 2.24) is 5.32 Å². The zero-order valence-corrected chi connectivity index (χ0v) is 9.60. The number of carbonyl (C=O) groups excluding carboxylic acids is 1. The number of phenolic OH excluding ortho intramolecular Hbond substituents is 1. The first kappa shape index (κ1) is 12.5. The molecule has 0 saturated carbocycles. The summed E-state index contributed by atoms with van der Waals surface area (Å²) in [5, 5.41) is 12.4. The minimum Gasteiger partial charge on any atom is -0.508 e. The molecule has 0 heterocycles. The van der Waals surface area contributed by atoms with E-state index in [1.807, 2.05) is 13.8 Å². The predicted molar refractivity (Wildman–Crippen MR) is 62.9 cm³/mol. The minimum atomic E-state index is -0.547. The van der Waals surface area contributed by atoms with Crippen LogP contribution in [0.4, 0.5) is 0 Å². The average molecular weight is 222 g/mol. The van der Waals surface area contributed by atoms with E-state index < -0.39 is 11.9 Å². The average Bonchev–Trinajstić information content (AvgIpc) is 2.17. The zero-order chi connectivity index (χ0) is 12.1. The predicted octanol–water partition coefficient (Wildman–Crippen LogP) is 1.16. The molecule has 0 bridgehead atoms. The van der Waals surface area contributed by atoms with Crippen molar-refractivity contribution in [3.63, 3.8) is 0 Å². The van der Waals surface area contributed by atoms with Crippen LogP contribution in [0, 0.1) is 5.92 Å². The zero-order valence-electron chi connectivity index (χ0n) is 9.60. The molecular formula is C12H18N2O2. The lowest BCUT2D eigenvalue weighted by molar-refractivity contribution is -0.120. The summed E-state index contributed by atoms with van der Waals surface area (Å²) in [6.07, 6.45) is 0. The van der Waals surface area contributed by atoms with Crippen molar-refractivity contribution in [3.8, 4) is 5.75 Å². The van der Waals surface area contributed by atoms with Crippen molar-refractivity contribution >= 4 is 5.91 Å². The number of hydrogen-bond donors (Lipinski definition) is 3. The highest BCUT2D eigenvalue weighted by molar-refractivity contribution is 5.81. The number of benzene rings is 1. The van der Waals surface area contributed by atoms with Gasteiger partial charge in [0.15, 0.2) is 0 Å². The van der Waals surface area contributed by atoms with E-state index in [9.17, 15) is 9.90 Å². The van der Waals surface area contributed by atoms with Gasteiger partial charge in [-0.3, -0.25) is 4.79 Å². The molecule has 16 heavy (non-hydrogen) atoms. The fraction of sp³-hybridized carbons (Fsp3) is 0.417. The van der Waals surface area contributed by atoms with E-state index >= 15 is 0 Å². The van der Waals surface area contributed by atoms with Crippen LogP contribution in [0.25, 0.3) is 0 Å². The number of primary amides is 1. The summed E-state index contributed by atoms with van der Waals surface area (Å²) in [4.78, 5) is 11.3. The highest BCUT2D eigenvalue weighted by Gasteiger charge is 2.17. The molecule has 1 amide bonds. The standard InChI is InChI=1S/C12H18N2O2/c1-8(2)7-14-11(12(13)16)9-4-3-5-10(15)6-9/h3-6,8,11,14-15H,7H2,1-2H3,(H2,13,16). The summed E-state index contributed by atoms with van der Waals surface area (Å²) in [5.74, 6) is 0.125. The second kappa shape index (κ2) is 5.51. The van der Waals surface area contributed by atoms with Crippen LogP contribution in [-0.4, -0.2) is 17.6 Å². The van der Waals surface area contributed by atoms with Crippen LogP contribution in [0.1, 0.15) is 25.5 Å². The Morgan fingerprint density at radius 2 is 2.19 bits per heavy atom. The van der Waals surface area contributed by atoms with Crippen molar-refractivity contribution in [2.75, 3.05) is 6.54 Å². The van der Waals surface area contributed by atoms with Gasteiger partial charge in [0.25, 0.3) is 0 Å². The second-order valence-corrected chi connectivity index (χ2v) is 4.23. The lowest BCUT2D eigenvalue weighted by atomic mass is 10.1. The summed E-state index contributed by atoms with van der Waals surface area (Å²) < 4.78 is 0. The first-order chi connectivity index (χ1) is 7.50. The first-order valence-corrected chi connectivity index (χ1v) is 5.32. The van der Waals surface area contributed by atoms with Gasteiger partial charge >= 0.3 is 0 Å². The molecule has 4 nitrogen and oxygen atoms in total. The van der Waals surface area contributed by atoms with Gasteiger partial charge < -0.3 is 16.2 Å². The van der Waals surface area contributed by atoms with E-state index in [0.29, 0.717) is 18.0 Å². The van der Waals surface area contributed by atoms with E-state index in [1.54, 1.807) is 24.3 Å². The Kier molecular flexibility index (Phi) is 4.31. The number of amides is 1. The first-order valence-electron chi connectivity index (χ1n) is 5.32. The Morgan fingerprint density at radius 1 is 1.50 bits per heavy atom. The Morgan fingerprint density at radius 3 is 2.69 bits per heavy atom. The van der Waals surface area contributed by atoms with Crippen molar-refractivity contribution in [2.45, 2.75) is 19.9 Å². The maximum Gasteiger partial charge on any atom is 0.239 e. The number of nitrogens with one attached hydrogen (secondary N) is 1. The molecule has 0 spiro atoms. The molecule has 4 N–H and O–H groups in total. The number of carbonyl (C=O) groups is 1. The molecule has 0 aromatic heterocycles. The van der Waals surface area contributed by atoms with Crippen LogP contribution < -0.4 is 11.1 Å². The molecule has 1 aromatic carbocycles. The van der Waals surface area contributed by atoms with Gasteiger partial charge in [0.1, 0.15) is 11.8 Å². The third kappa shape index (κ3) is 3.55. The van der Waals surface area contributed by atoms with E-state index in [2.05, 4.69) is 5.32 Å². The summed E-state index contributed by atoms with van der Waals surface area (Å²) >= 11 is 0. The number of hydrogen-bond acceptors (Lipinski definition) is 3. The lowest BCUT2D eigenvalue weighted by Crippen LogP contribution is -2.35. The molecule has 0 aliphatic rings. The maximum atomic E-state index is 11.3. The summed E-state index contributed by atoms with van der Waals surface area (Å²) in [6, 6.07) is 6.02. The smallest absolute Gasteiger partial charge is 0.239 e. The van der Waals surface area contributed by atoms with Gasteiger partial charge in [-0.2, -0.15) is 0 Å². The van der Waals surface area contributed by atoms with Crippen LogP contribution >= 0.6 is 0 Å². The van der Waals surface area contributed by atoms with Crippen molar-refractivity contribution in [1.29, 1.82) is 0 Å². The third-order valence-electron chi connectivity index (χ3n) is 2.22. The summed E-state index contributed by atoms with van der Waals surface area (Å²) in [7, 11) is 0. The normalized spacial score (nSPS) is 12.7. The van der Waals surface area contributed by atoms with E-state index in [0.717, 1.165) is 0 Å². The van der Waals surface area contributed by atoms with Crippen LogP contribution in [0.2, 0.25) is 0 Å². The third-order valence-corrected chi connectivity index (χ3v) is 2.22. The quantitative estimate of drug-likeness (QED) is 0.700. The SMILES string of the molecule is CC(C)CNC(C(N)=O)c1cccc(O)c1. The van der Waals surface area contributed by atoms with Crippen LogP contribution in [-0.2, 0) is 4.79 Å². The van der Waals surface area contributed by atoms with Gasteiger partial charge in [0.2, 0.25) is 5.91 Å². The van der Waals surface area contributed by atoms with Gasteiger partial charge in [0, 0.05) is 0 Å². The minimum absolute atomic E-state index is 0.134. The second-order valence-electron chi connectivity index (χ2n) is 4.23. The molecule has 1 rings (SSSR count). The molecule has 0 aliphatic carbocycles. The number of aromatic hydroxyl groups is 1. The van der Waals surface area contributed by atoms with Gasteiger partial charge in [0.05, 0.1) is 0 Å². The highest BCUT2D eigenvalue weighted by atomic mass is 16.3. The molecule has 0 fully saturated rings. The molecular weight excluding hydrogens is 204 g/mol. The molecule has 88 valence electrons. The molecule has 1 unspecified atom stereocenters. The fourth-order valence-electron chi connectivity index (χ4n) is 1.44. The van der Waals surface area contributed by atoms with Gasteiger partial charge in [-0.15, -0.1) is 0 Å². The molecule has 1 aromatic rings. The van der Waals surface area contributed by atoms with Crippen LogP contribution in [0.15, 0.2) is 24.3 Å². The molecule has 0 saturated heterocycles. The number of phenols is 1. The lowest BCUT2D eigenvalue weighted by Gasteiger charge is -2.17. The Hall–Kier alpha value is -1.55. The van der Waals surface area contributed by atoms with E-state index in [1.165, 1.54) is 0 Å². The monoisotopic (exact) mass is 222 g/mol. The van der Waals surface area contributed by atoms with E-state index in [4.69, 9.17) is 5.73 Å². The molecule has 1 atom stereocenters. The molecule has 0 radical (unpaired) electrons. The Bertz CT molecular complexity index is 364. The van der Waals surface area contributed by atoms with Gasteiger partial charge in [-0.05, 0) is 30.2 Å². The van der Waals surface area contributed by atoms with Crippen LogP contribution in [0.3, 0.4) is 0 Å². The van der Waals surface area contributed by atoms with Gasteiger partial charge in [-0.25, -0.2) is 0 Å². The number of nitrogens with two attached hydrogens (primary N) is 1. The van der Waals surface area contributed by atoms with Crippen LogP contribution in [0.5, 0.6) is 5.75 Å². The van der Waals surface area contributed by atoms with Crippen molar-refractivity contribution < 1.29 is 9.90 Å². The molecule has 4 heteroatoms. The highest BCUT2D eigenvalue weighted by Crippen LogP contribution is 2.18. The fourth-order valence-corrected chi connectivity index (χ4v) is 1.44. The van der Waals surface area contributed by atoms with E-state index in [-0.39, 0.29) is 5.75 Å². The summed E-state index contributed by atoms with van der Waals surface area (Å²) in [6.45, 7) is 4.80. The Labute approximate surface area is 95.5 Å². The molecule has 0 aliphatic heterocycles. The largest absolute Gasteiger partial charge is 0.508 e. The maximum absolute atomic E-state index is 11.3.